The first-order valence-electron chi connectivity index (χ1n) is 36.7. The number of hydrogen-bond donors (Lipinski definition) is 0. The lowest BCUT2D eigenvalue weighted by Crippen LogP contribution is -2.30. The molecule has 6 heteroatoms. The fraction of sp³-hybridized carbons (Fsp3) is 0.932. The Balaban J connectivity index is 4.06. The summed E-state index contributed by atoms with van der Waals surface area (Å²) < 4.78 is 17.0. The monoisotopic (exact) mass is 1130 g/mol. The van der Waals surface area contributed by atoms with Crippen molar-refractivity contribution in [1.82, 2.24) is 0 Å². The summed E-state index contributed by atoms with van der Waals surface area (Å²) >= 11 is 0. The summed E-state index contributed by atoms with van der Waals surface area (Å²) in [6.45, 7) is 6.73. The van der Waals surface area contributed by atoms with Gasteiger partial charge in [-0.1, -0.05) is 373 Å². The van der Waals surface area contributed by atoms with Crippen LogP contribution in [0.5, 0.6) is 0 Å². The summed E-state index contributed by atoms with van der Waals surface area (Å²) in [5.74, 6) is -0.825. The van der Waals surface area contributed by atoms with Crippen molar-refractivity contribution < 1.29 is 28.6 Å². The molecule has 80 heavy (non-hydrogen) atoms. The van der Waals surface area contributed by atoms with E-state index in [9.17, 15) is 14.4 Å². The number of rotatable bonds is 69. The summed E-state index contributed by atoms with van der Waals surface area (Å²) in [5.41, 5.74) is 0. The van der Waals surface area contributed by atoms with E-state index in [1.807, 2.05) is 0 Å². The Morgan fingerprint density at radius 1 is 0.237 bits per heavy atom. The Morgan fingerprint density at radius 2 is 0.412 bits per heavy atom. The second kappa shape index (κ2) is 69.6. The number of esters is 3. The molecule has 0 aromatic rings. The highest BCUT2D eigenvalue weighted by Gasteiger charge is 2.20. The quantitative estimate of drug-likeness (QED) is 0.0261. The van der Waals surface area contributed by atoms with E-state index in [0.29, 0.717) is 19.3 Å². The first-order chi connectivity index (χ1) is 39.5. The normalized spacial score (nSPS) is 12.0. The van der Waals surface area contributed by atoms with Crippen LogP contribution in [0.1, 0.15) is 425 Å². The molecule has 0 aliphatic rings. The SMILES string of the molecule is CCCCCCCCCC/C=C\CCCCCCCCCCCCCCCCCCCCCCCC(=O)OCC(COC(=O)CCCCCCCCCCCCCCC)OC(=O)CCCCCCCCCCCCCCCCCC. The van der Waals surface area contributed by atoms with E-state index in [0.717, 1.165) is 57.8 Å². The van der Waals surface area contributed by atoms with Gasteiger partial charge in [0.1, 0.15) is 13.2 Å². The Hall–Kier alpha value is -1.85. The average Bonchev–Trinajstić information content (AvgIpc) is 3.46. The minimum Gasteiger partial charge on any atom is -0.462 e. The van der Waals surface area contributed by atoms with Gasteiger partial charge in [-0.2, -0.15) is 0 Å². The molecule has 0 radical (unpaired) electrons. The summed E-state index contributed by atoms with van der Waals surface area (Å²) in [7, 11) is 0. The Bertz CT molecular complexity index is 1250. The highest BCUT2D eigenvalue weighted by atomic mass is 16.6. The molecule has 0 saturated carbocycles. The number of unbranched alkanes of at least 4 members (excludes halogenated alkanes) is 56. The van der Waals surface area contributed by atoms with Crippen LogP contribution < -0.4 is 0 Å². The molecule has 0 aliphatic carbocycles. The van der Waals surface area contributed by atoms with Crippen LogP contribution >= 0.6 is 0 Å². The van der Waals surface area contributed by atoms with Crippen LogP contribution in [0.25, 0.3) is 0 Å². The van der Waals surface area contributed by atoms with Crippen LogP contribution in [-0.4, -0.2) is 37.2 Å². The van der Waals surface area contributed by atoms with E-state index in [-0.39, 0.29) is 31.1 Å². The smallest absolute Gasteiger partial charge is 0.306 e. The van der Waals surface area contributed by atoms with Crippen LogP contribution in [0.3, 0.4) is 0 Å². The molecule has 0 aliphatic heterocycles. The standard InChI is InChI=1S/C74H142O6/c1-4-7-10-13-16-19-22-25-27-29-30-31-32-33-34-35-36-37-38-39-40-41-42-43-44-45-47-49-52-55-58-61-64-67-73(76)79-70-71(69-78-72(75)66-63-60-57-54-51-48-24-21-18-15-12-9-6-3)80-74(77)68-65-62-59-56-53-50-46-28-26-23-20-17-14-11-8-5-2/h29-30,71H,4-28,31-70H2,1-3H3/b30-29-. The summed E-state index contributed by atoms with van der Waals surface area (Å²) in [4.78, 5) is 38.4. The van der Waals surface area contributed by atoms with Crippen molar-refractivity contribution in [2.45, 2.75) is 431 Å². The van der Waals surface area contributed by atoms with Crippen molar-refractivity contribution in [3.05, 3.63) is 12.2 Å². The zero-order chi connectivity index (χ0) is 57.8. The second-order valence-corrected chi connectivity index (χ2v) is 25.2. The summed E-state index contributed by atoms with van der Waals surface area (Å²) in [6, 6.07) is 0. The lowest BCUT2D eigenvalue weighted by molar-refractivity contribution is -0.167. The summed E-state index contributed by atoms with van der Waals surface area (Å²) in [6.07, 6.45) is 84.1. The van der Waals surface area contributed by atoms with Gasteiger partial charge in [0.2, 0.25) is 0 Å². The van der Waals surface area contributed by atoms with E-state index in [1.165, 1.54) is 327 Å². The van der Waals surface area contributed by atoms with Gasteiger partial charge in [-0.05, 0) is 44.9 Å². The zero-order valence-electron chi connectivity index (χ0n) is 54.6. The van der Waals surface area contributed by atoms with Gasteiger partial charge in [0, 0.05) is 19.3 Å². The second-order valence-electron chi connectivity index (χ2n) is 25.2. The number of carbonyl (C=O) groups excluding carboxylic acids is 3. The van der Waals surface area contributed by atoms with Crippen molar-refractivity contribution in [1.29, 1.82) is 0 Å². The van der Waals surface area contributed by atoms with Crippen LogP contribution in [0.2, 0.25) is 0 Å². The largest absolute Gasteiger partial charge is 0.462 e. The molecule has 6 nitrogen and oxygen atoms in total. The molecule has 1 atom stereocenters. The molecule has 0 saturated heterocycles. The predicted octanol–water partition coefficient (Wildman–Crippen LogP) is 25.2. The molecule has 0 aromatic carbocycles. The maximum Gasteiger partial charge on any atom is 0.306 e. The minimum absolute atomic E-state index is 0.0616. The molecule has 474 valence electrons. The number of hydrogen-bond acceptors (Lipinski definition) is 6. The van der Waals surface area contributed by atoms with Gasteiger partial charge >= 0.3 is 17.9 Å². The molecule has 0 aromatic heterocycles. The lowest BCUT2D eigenvalue weighted by atomic mass is 10.0. The molecule has 1 unspecified atom stereocenters. The van der Waals surface area contributed by atoms with E-state index in [2.05, 4.69) is 32.9 Å². The third-order valence-corrected chi connectivity index (χ3v) is 17.0. The molecule has 0 amide bonds. The topological polar surface area (TPSA) is 78.9 Å². The maximum atomic E-state index is 12.9. The van der Waals surface area contributed by atoms with E-state index >= 15 is 0 Å². The summed E-state index contributed by atoms with van der Waals surface area (Å²) in [5, 5.41) is 0. The first-order valence-corrected chi connectivity index (χ1v) is 36.7. The molecular weight excluding hydrogens is 985 g/mol. The molecule has 0 heterocycles. The third-order valence-electron chi connectivity index (χ3n) is 17.0. The third kappa shape index (κ3) is 66.9. The van der Waals surface area contributed by atoms with E-state index < -0.39 is 6.10 Å². The van der Waals surface area contributed by atoms with Gasteiger partial charge in [-0.3, -0.25) is 14.4 Å². The zero-order valence-corrected chi connectivity index (χ0v) is 54.6. The molecule has 0 fully saturated rings. The van der Waals surface area contributed by atoms with Gasteiger partial charge in [0.05, 0.1) is 0 Å². The van der Waals surface area contributed by atoms with Crippen molar-refractivity contribution in [3.8, 4) is 0 Å². The first kappa shape index (κ1) is 78.1. The molecule has 0 spiro atoms. The molecule has 0 bridgehead atoms. The highest BCUT2D eigenvalue weighted by molar-refractivity contribution is 5.71. The van der Waals surface area contributed by atoms with Gasteiger partial charge in [-0.25, -0.2) is 0 Å². The maximum absolute atomic E-state index is 12.9. The van der Waals surface area contributed by atoms with Gasteiger partial charge in [0.25, 0.3) is 0 Å². The molecule has 0 N–H and O–H groups in total. The van der Waals surface area contributed by atoms with Crippen molar-refractivity contribution >= 4 is 17.9 Å². The van der Waals surface area contributed by atoms with Gasteiger partial charge < -0.3 is 14.2 Å². The molecular formula is C74H142O6. The average molecular weight is 1130 g/mol. The van der Waals surface area contributed by atoms with Crippen molar-refractivity contribution in [2.75, 3.05) is 13.2 Å². The van der Waals surface area contributed by atoms with Gasteiger partial charge in [-0.15, -0.1) is 0 Å². The van der Waals surface area contributed by atoms with Crippen molar-refractivity contribution in [3.63, 3.8) is 0 Å². The van der Waals surface area contributed by atoms with Gasteiger partial charge in [0.15, 0.2) is 6.10 Å². The minimum atomic E-state index is -0.764. The lowest BCUT2D eigenvalue weighted by Gasteiger charge is -2.18. The van der Waals surface area contributed by atoms with E-state index in [1.54, 1.807) is 0 Å². The van der Waals surface area contributed by atoms with Crippen LogP contribution in [-0.2, 0) is 28.6 Å². The van der Waals surface area contributed by atoms with E-state index in [4.69, 9.17) is 14.2 Å². The number of allylic oxidation sites excluding steroid dienone is 2. The van der Waals surface area contributed by atoms with Crippen molar-refractivity contribution in [2.24, 2.45) is 0 Å². The van der Waals surface area contributed by atoms with Crippen LogP contribution in [0.4, 0.5) is 0 Å². The Labute approximate surface area is 501 Å². The number of carbonyl (C=O) groups is 3. The Kier molecular flexibility index (Phi) is 68.0. The Morgan fingerprint density at radius 3 is 0.625 bits per heavy atom. The fourth-order valence-electron chi connectivity index (χ4n) is 11.5. The van der Waals surface area contributed by atoms with Crippen LogP contribution in [0.15, 0.2) is 12.2 Å². The number of ether oxygens (including phenoxy) is 3. The molecule has 0 rings (SSSR count). The highest BCUT2D eigenvalue weighted by Crippen LogP contribution is 2.19. The predicted molar refractivity (Wildman–Crippen MR) is 349 cm³/mol. The fourth-order valence-corrected chi connectivity index (χ4v) is 11.5. The van der Waals surface area contributed by atoms with Crippen LogP contribution in [0, 0.1) is 0 Å².